The Bertz CT molecular complexity index is 560. The predicted molar refractivity (Wildman–Crippen MR) is 75.7 cm³/mol. The monoisotopic (exact) mass is 284 g/mol. The molecule has 0 aromatic heterocycles. The lowest BCUT2D eigenvalue weighted by atomic mass is 10.1. The second kappa shape index (κ2) is 4.60. The summed E-state index contributed by atoms with van der Waals surface area (Å²) in [5.74, 6) is -0.0137. The van der Waals surface area contributed by atoms with Crippen molar-refractivity contribution in [1.29, 1.82) is 0 Å². The van der Waals surface area contributed by atoms with Crippen molar-refractivity contribution in [3.8, 4) is 0 Å². The zero-order valence-corrected chi connectivity index (χ0v) is 11.8. The first-order chi connectivity index (χ1) is 8.30. The lowest BCUT2D eigenvalue weighted by Crippen LogP contribution is -2.35. The molecule has 0 heterocycles. The molecule has 0 unspecified atom stereocenters. The Morgan fingerprint density at radius 1 is 1.39 bits per heavy atom. The standard InChI is InChI=1S/C12H16N2O2S2/c1-12(6-7-12)14-18(15,16)8-9-2-4-10(5-3-9)11(13)17/h2-5,14H,6-8H2,1H3,(H2,13,17). The first kappa shape index (κ1) is 13.5. The second-order valence-electron chi connectivity index (χ2n) is 4.98. The molecular weight excluding hydrogens is 268 g/mol. The fourth-order valence-corrected chi connectivity index (χ4v) is 3.48. The van der Waals surface area contributed by atoms with E-state index in [4.69, 9.17) is 18.0 Å². The number of nitrogens with one attached hydrogen (secondary N) is 1. The van der Waals surface area contributed by atoms with Gasteiger partial charge in [0.25, 0.3) is 0 Å². The minimum Gasteiger partial charge on any atom is -0.389 e. The van der Waals surface area contributed by atoms with Gasteiger partial charge in [-0.1, -0.05) is 36.5 Å². The van der Waals surface area contributed by atoms with Crippen LogP contribution in [0.2, 0.25) is 0 Å². The van der Waals surface area contributed by atoms with E-state index in [1.165, 1.54) is 0 Å². The highest BCUT2D eigenvalue weighted by Gasteiger charge is 2.40. The van der Waals surface area contributed by atoms with E-state index in [0.29, 0.717) is 4.99 Å². The minimum atomic E-state index is -3.28. The maximum atomic E-state index is 11.9. The number of hydrogen-bond acceptors (Lipinski definition) is 3. The zero-order chi connectivity index (χ0) is 13.4. The summed E-state index contributed by atoms with van der Waals surface area (Å²) in [7, 11) is -3.28. The molecule has 18 heavy (non-hydrogen) atoms. The summed E-state index contributed by atoms with van der Waals surface area (Å²) < 4.78 is 26.5. The molecule has 3 N–H and O–H groups in total. The van der Waals surface area contributed by atoms with Crippen LogP contribution < -0.4 is 10.5 Å². The molecule has 4 nitrogen and oxygen atoms in total. The van der Waals surface area contributed by atoms with Crippen molar-refractivity contribution in [2.45, 2.75) is 31.1 Å². The summed E-state index contributed by atoms with van der Waals surface area (Å²) in [6, 6.07) is 6.96. The van der Waals surface area contributed by atoms with Crippen LogP contribution in [0.5, 0.6) is 0 Å². The molecule has 0 aliphatic heterocycles. The number of benzene rings is 1. The summed E-state index contributed by atoms with van der Waals surface area (Å²) in [6.45, 7) is 1.92. The number of hydrogen-bond donors (Lipinski definition) is 2. The molecule has 1 aromatic rings. The Morgan fingerprint density at radius 3 is 2.39 bits per heavy atom. The van der Waals surface area contributed by atoms with Crippen molar-refractivity contribution in [3.05, 3.63) is 35.4 Å². The summed E-state index contributed by atoms with van der Waals surface area (Å²) in [6.07, 6.45) is 1.82. The van der Waals surface area contributed by atoms with Gasteiger partial charge in [-0.2, -0.15) is 0 Å². The summed E-state index contributed by atoms with van der Waals surface area (Å²) in [5.41, 5.74) is 6.73. The summed E-state index contributed by atoms with van der Waals surface area (Å²) in [4.78, 5) is 0.313. The molecule has 1 fully saturated rings. The van der Waals surface area contributed by atoms with E-state index >= 15 is 0 Å². The van der Waals surface area contributed by atoms with Crippen molar-refractivity contribution < 1.29 is 8.42 Å². The molecule has 1 aromatic carbocycles. The number of thiocarbonyl (C=S) groups is 1. The van der Waals surface area contributed by atoms with E-state index in [0.717, 1.165) is 24.0 Å². The van der Waals surface area contributed by atoms with Gasteiger partial charge in [-0.05, 0) is 25.3 Å². The third kappa shape index (κ3) is 3.51. The summed E-state index contributed by atoms with van der Waals surface area (Å²) in [5, 5.41) is 0. The molecule has 0 atom stereocenters. The van der Waals surface area contributed by atoms with Gasteiger partial charge in [0.05, 0.1) is 5.75 Å². The average Bonchev–Trinajstić information content (AvgIpc) is 2.94. The van der Waals surface area contributed by atoms with Gasteiger partial charge < -0.3 is 5.73 Å². The minimum absolute atomic E-state index is 0.0137. The van der Waals surface area contributed by atoms with E-state index < -0.39 is 10.0 Å². The number of sulfonamides is 1. The molecule has 0 saturated heterocycles. The average molecular weight is 284 g/mol. The van der Waals surface area contributed by atoms with Crippen LogP contribution in [0.15, 0.2) is 24.3 Å². The quantitative estimate of drug-likeness (QED) is 0.799. The fraction of sp³-hybridized carbons (Fsp3) is 0.417. The molecule has 1 aliphatic carbocycles. The van der Waals surface area contributed by atoms with E-state index in [-0.39, 0.29) is 11.3 Å². The molecule has 1 aliphatic rings. The molecular formula is C12H16N2O2S2. The highest BCUT2D eigenvalue weighted by Crippen LogP contribution is 2.35. The van der Waals surface area contributed by atoms with Gasteiger partial charge in [-0.25, -0.2) is 13.1 Å². The van der Waals surface area contributed by atoms with Crippen LogP contribution in [-0.2, 0) is 15.8 Å². The van der Waals surface area contributed by atoms with E-state index in [1.54, 1.807) is 24.3 Å². The van der Waals surface area contributed by atoms with Crippen molar-refractivity contribution >= 4 is 27.2 Å². The Labute approximate surface area is 113 Å². The van der Waals surface area contributed by atoms with Gasteiger partial charge in [-0.3, -0.25) is 0 Å². The van der Waals surface area contributed by atoms with Crippen LogP contribution in [-0.4, -0.2) is 18.9 Å². The van der Waals surface area contributed by atoms with Crippen LogP contribution in [0, 0.1) is 0 Å². The normalized spacial score (nSPS) is 17.4. The Kier molecular flexibility index (Phi) is 3.44. The Balaban J connectivity index is 2.06. The number of rotatable bonds is 5. The third-order valence-corrected chi connectivity index (χ3v) is 4.75. The molecule has 98 valence electrons. The molecule has 6 heteroatoms. The lowest BCUT2D eigenvalue weighted by molar-refractivity contribution is 0.557. The highest BCUT2D eigenvalue weighted by atomic mass is 32.2. The van der Waals surface area contributed by atoms with Crippen molar-refractivity contribution in [2.24, 2.45) is 5.73 Å². The zero-order valence-electron chi connectivity index (χ0n) is 10.1. The van der Waals surface area contributed by atoms with Gasteiger partial charge >= 0.3 is 0 Å². The Hall–Kier alpha value is -0.980. The molecule has 0 bridgehead atoms. The van der Waals surface area contributed by atoms with Gasteiger partial charge in [0.15, 0.2) is 0 Å². The largest absolute Gasteiger partial charge is 0.389 e. The summed E-state index contributed by atoms with van der Waals surface area (Å²) >= 11 is 4.84. The van der Waals surface area contributed by atoms with E-state index in [1.807, 2.05) is 6.92 Å². The van der Waals surface area contributed by atoms with Gasteiger partial charge in [-0.15, -0.1) is 0 Å². The fourth-order valence-electron chi connectivity index (χ4n) is 1.69. The SMILES string of the molecule is CC1(NS(=O)(=O)Cc2ccc(C(N)=S)cc2)CC1. The maximum Gasteiger partial charge on any atom is 0.216 e. The molecule has 2 rings (SSSR count). The lowest BCUT2D eigenvalue weighted by Gasteiger charge is -2.12. The first-order valence-corrected chi connectivity index (χ1v) is 7.76. The van der Waals surface area contributed by atoms with Crippen LogP contribution in [0.4, 0.5) is 0 Å². The molecule has 0 radical (unpaired) electrons. The Morgan fingerprint density at radius 2 is 1.94 bits per heavy atom. The number of nitrogens with two attached hydrogens (primary N) is 1. The van der Waals surface area contributed by atoms with Gasteiger partial charge in [0.1, 0.15) is 4.99 Å². The second-order valence-corrected chi connectivity index (χ2v) is 7.15. The maximum absolute atomic E-state index is 11.9. The van der Waals surface area contributed by atoms with Crippen LogP contribution in [0.25, 0.3) is 0 Å². The van der Waals surface area contributed by atoms with Crippen molar-refractivity contribution in [1.82, 2.24) is 4.72 Å². The molecule has 0 spiro atoms. The smallest absolute Gasteiger partial charge is 0.216 e. The third-order valence-electron chi connectivity index (χ3n) is 3.00. The molecule has 1 saturated carbocycles. The first-order valence-electron chi connectivity index (χ1n) is 5.70. The topological polar surface area (TPSA) is 72.2 Å². The van der Waals surface area contributed by atoms with Crippen molar-refractivity contribution in [2.75, 3.05) is 0 Å². The van der Waals surface area contributed by atoms with E-state index in [9.17, 15) is 8.42 Å². The van der Waals surface area contributed by atoms with Crippen molar-refractivity contribution in [3.63, 3.8) is 0 Å². The van der Waals surface area contributed by atoms with Crippen LogP contribution in [0.3, 0.4) is 0 Å². The van der Waals surface area contributed by atoms with Crippen LogP contribution in [0.1, 0.15) is 30.9 Å². The van der Waals surface area contributed by atoms with Gasteiger partial charge in [0.2, 0.25) is 10.0 Å². The van der Waals surface area contributed by atoms with Crippen LogP contribution >= 0.6 is 12.2 Å². The molecule has 0 amide bonds. The predicted octanol–water partition coefficient (Wildman–Crippen LogP) is 1.29. The van der Waals surface area contributed by atoms with E-state index in [2.05, 4.69) is 4.72 Å². The highest BCUT2D eigenvalue weighted by molar-refractivity contribution is 7.88. The van der Waals surface area contributed by atoms with Gasteiger partial charge in [0, 0.05) is 11.1 Å².